The molecule has 140 valence electrons. The highest BCUT2D eigenvalue weighted by molar-refractivity contribution is 5.99. The fourth-order valence-electron chi connectivity index (χ4n) is 1.97. The van der Waals surface area contributed by atoms with Crippen LogP contribution in [0.4, 0.5) is 38.1 Å². The van der Waals surface area contributed by atoms with Gasteiger partial charge in [0.2, 0.25) is 0 Å². The lowest BCUT2D eigenvalue weighted by molar-refractivity contribution is -0.137. The molecule has 0 saturated heterocycles. The molecule has 2 rings (SSSR count). The van der Waals surface area contributed by atoms with Gasteiger partial charge in [-0.1, -0.05) is 0 Å². The summed E-state index contributed by atoms with van der Waals surface area (Å²) >= 11 is 0. The van der Waals surface area contributed by atoms with Crippen LogP contribution in [0, 0.1) is 0 Å². The van der Waals surface area contributed by atoms with Crippen LogP contribution in [0.1, 0.15) is 5.56 Å². The van der Waals surface area contributed by atoms with E-state index in [0.29, 0.717) is 0 Å². The van der Waals surface area contributed by atoms with Crippen molar-refractivity contribution in [2.45, 2.75) is 12.8 Å². The summed E-state index contributed by atoms with van der Waals surface area (Å²) in [6.45, 7) is -2.98. The normalized spacial score (nSPS) is 11.2. The van der Waals surface area contributed by atoms with E-state index in [1.54, 1.807) is 0 Å². The Morgan fingerprint density at radius 2 is 1.58 bits per heavy atom. The van der Waals surface area contributed by atoms with E-state index in [-0.39, 0.29) is 22.9 Å². The van der Waals surface area contributed by atoms with Crippen LogP contribution < -0.4 is 20.1 Å². The first-order valence-corrected chi connectivity index (χ1v) is 7.06. The van der Waals surface area contributed by atoms with Crippen LogP contribution in [0.2, 0.25) is 0 Å². The Morgan fingerprint density at radius 3 is 2.12 bits per heavy atom. The van der Waals surface area contributed by atoms with Gasteiger partial charge >= 0.3 is 18.8 Å². The number of methoxy groups -OCH3 is 1. The van der Waals surface area contributed by atoms with E-state index in [4.69, 9.17) is 4.74 Å². The van der Waals surface area contributed by atoms with Gasteiger partial charge in [-0.25, -0.2) is 4.79 Å². The van der Waals surface area contributed by atoms with Crippen molar-refractivity contribution in [3.8, 4) is 11.5 Å². The number of alkyl halides is 5. The van der Waals surface area contributed by atoms with Crippen molar-refractivity contribution in [3.05, 3.63) is 48.0 Å². The number of benzene rings is 2. The average Bonchev–Trinajstić information content (AvgIpc) is 2.55. The minimum atomic E-state index is -4.61. The zero-order chi connectivity index (χ0) is 19.3. The molecular weight excluding hydrogens is 363 g/mol. The van der Waals surface area contributed by atoms with Crippen molar-refractivity contribution in [3.63, 3.8) is 0 Å². The highest BCUT2D eigenvalue weighted by Crippen LogP contribution is 2.34. The summed E-state index contributed by atoms with van der Waals surface area (Å²) in [6.07, 6.45) is -4.61. The maximum absolute atomic E-state index is 12.8. The number of amides is 2. The lowest BCUT2D eigenvalue weighted by Crippen LogP contribution is -2.20. The van der Waals surface area contributed by atoms with Crippen LogP contribution in [0.3, 0.4) is 0 Å². The second-order valence-electron chi connectivity index (χ2n) is 4.93. The predicted octanol–water partition coefficient (Wildman–Crippen LogP) is 4.96. The molecule has 2 aromatic carbocycles. The summed E-state index contributed by atoms with van der Waals surface area (Å²) in [5.74, 6) is -0.183. The van der Waals surface area contributed by atoms with Crippen LogP contribution in [0.5, 0.6) is 11.5 Å². The molecule has 0 fully saturated rings. The zero-order valence-electron chi connectivity index (χ0n) is 13.2. The molecule has 0 aliphatic carbocycles. The standard InChI is InChI=1S/C16H13F5N2O3/c1-25-13-7-9(16(19,20)21)6-11(8-13)23-15(24)22-10-2-4-12(5-3-10)26-14(17)18/h2-8,14H,1H3,(H2,22,23,24). The summed E-state index contributed by atoms with van der Waals surface area (Å²) in [7, 11) is 1.20. The number of nitrogens with one attached hydrogen (secondary N) is 2. The van der Waals surface area contributed by atoms with Gasteiger partial charge in [-0.15, -0.1) is 0 Å². The van der Waals surface area contributed by atoms with E-state index >= 15 is 0 Å². The van der Waals surface area contributed by atoms with Gasteiger partial charge in [-0.05, 0) is 36.4 Å². The van der Waals surface area contributed by atoms with E-state index in [2.05, 4.69) is 15.4 Å². The number of hydrogen-bond acceptors (Lipinski definition) is 3. The maximum Gasteiger partial charge on any atom is 0.416 e. The Hall–Kier alpha value is -3.04. The first-order valence-electron chi connectivity index (χ1n) is 7.06. The Balaban J connectivity index is 2.07. The van der Waals surface area contributed by atoms with Gasteiger partial charge < -0.3 is 20.1 Å². The molecule has 2 amide bonds. The lowest BCUT2D eigenvalue weighted by Gasteiger charge is -2.13. The highest BCUT2D eigenvalue weighted by Gasteiger charge is 2.31. The molecule has 2 N–H and O–H groups in total. The third-order valence-corrected chi connectivity index (χ3v) is 3.06. The van der Waals surface area contributed by atoms with Gasteiger partial charge in [0.1, 0.15) is 11.5 Å². The molecule has 0 radical (unpaired) electrons. The molecule has 0 aromatic heterocycles. The van der Waals surface area contributed by atoms with Crippen molar-refractivity contribution < 1.29 is 36.2 Å². The number of hydrogen-bond donors (Lipinski definition) is 2. The summed E-state index contributed by atoms with van der Waals surface area (Å²) < 4.78 is 71.6. The second kappa shape index (κ2) is 7.89. The number of carbonyl (C=O) groups excluding carboxylic acids is 1. The van der Waals surface area contributed by atoms with Crippen LogP contribution in [0.25, 0.3) is 0 Å². The summed E-state index contributed by atoms with van der Waals surface area (Å²) in [5.41, 5.74) is -0.893. The quantitative estimate of drug-likeness (QED) is 0.726. The topological polar surface area (TPSA) is 59.6 Å². The van der Waals surface area contributed by atoms with Gasteiger partial charge in [-0.2, -0.15) is 22.0 Å². The van der Waals surface area contributed by atoms with Crippen molar-refractivity contribution in [1.82, 2.24) is 0 Å². The number of halogens is 5. The van der Waals surface area contributed by atoms with Crippen LogP contribution >= 0.6 is 0 Å². The summed E-state index contributed by atoms with van der Waals surface area (Å²) in [5, 5.41) is 4.59. The first kappa shape index (κ1) is 19.3. The van der Waals surface area contributed by atoms with E-state index in [0.717, 1.165) is 12.1 Å². The number of rotatable bonds is 5. The van der Waals surface area contributed by atoms with Crippen LogP contribution in [-0.4, -0.2) is 19.8 Å². The first-order chi connectivity index (χ1) is 12.2. The number of anilines is 2. The summed E-state index contributed by atoms with van der Waals surface area (Å²) in [6, 6.07) is 6.94. The summed E-state index contributed by atoms with van der Waals surface area (Å²) in [4.78, 5) is 11.9. The molecule has 5 nitrogen and oxygen atoms in total. The fraction of sp³-hybridized carbons (Fsp3) is 0.188. The molecule has 0 aliphatic rings. The second-order valence-corrected chi connectivity index (χ2v) is 4.93. The SMILES string of the molecule is COc1cc(NC(=O)Nc2ccc(OC(F)F)cc2)cc(C(F)(F)F)c1. The molecule has 0 heterocycles. The molecular formula is C16H13F5N2O3. The van der Waals surface area contributed by atoms with Crippen molar-refractivity contribution in [1.29, 1.82) is 0 Å². The molecule has 0 atom stereocenters. The smallest absolute Gasteiger partial charge is 0.416 e. The van der Waals surface area contributed by atoms with E-state index in [1.807, 2.05) is 0 Å². The highest BCUT2D eigenvalue weighted by atomic mass is 19.4. The van der Waals surface area contributed by atoms with Gasteiger partial charge in [0, 0.05) is 17.4 Å². The van der Waals surface area contributed by atoms with Crippen molar-refractivity contribution in [2.24, 2.45) is 0 Å². The third-order valence-electron chi connectivity index (χ3n) is 3.06. The van der Waals surface area contributed by atoms with E-state index < -0.39 is 24.4 Å². The van der Waals surface area contributed by atoms with E-state index in [9.17, 15) is 26.7 Å². The largest absolute Gasteiger partial charge is 0.497 e. The molecule has 10 heteroatoms. The van der Waals surface area contributed by atoms with Gasteiger partial charge in [-0.3, -0.25) is 0 Å². The molecule has 0 bridgehead atoms. The van der Waals surface area contributed by atoms with Crippen LogP contribution in [0.15, 0.2) is 42.5 Å². The minimum Gasteiger partial charge on any atom is -0.497 e. The van der Waals surface area contributed by atoms with Crippen molar-refractivity contribution in [2.75, 3.05) is 17.7 Å². The fourth-order valence-corrected chi connectivity index (χ4v) is 1.97. The minimum absolute atomic E-state index is 0.0800. The molecule has 0 saturated carbocycles. The maximum atomic E-state index is 12.8. The molecule has 0 spiro atoms. The number of ether oxygens (including phenoxy) is 2. The molecule has 26 heavy (non-hydrogen) atoms. The molecule has 0 unspecified atom stereocenters. The van der Waals surface area contributed by atoms with Crippen molar-refractivity contribution >= 4 is 17.4 Å². The lowest BCUT2D eigenvalue weighted by atomic mass is 10.2. The number of carbonyl (C=O) groups is 1. The Bertz CT molecular complexity index is 763. The Morgan fingerprint density at radius 1 is 0.962 bits per heavy atom. The van der Waals surface area contributed by atoms with Gasteiger partial charge in [0.15, 0.2) is 0 Å². The predicted molar refractivity (Wildman–Crippen MR) is 83.7 cm³/mol. The monoisotopic (exact) mass is 376 g/mol. The molecule has 0 aliphatic heterocycles. The van der Waals surface area contributed by atoms with Gasteiger partial charge in [0.25, 0.3) is 0 Å². The average molecular weight is 376 g/mol. The number of urea groups is 1. The third kappa shape index (κ3) is 5.50. The van der Waals surface area contributed by atoms with E-state index in [1.165, 1.54) is 37.4 Å². The Labute approximate surface area is 144 Å². The van der Waals surface area contributed by atoms with Gasteiger partial charge in [0.05, 0.1) is 12.7 Å². The molecule has 2 aromatic rings. The van der Waals surface area contributed by atoms with Crippen LogP contribution in [-0.2, 0) is 6.18 Å². The Kier molecular flexibility index (Phi) is 5.86. The zero-order valence-corrected chi connectivity index (χ0v) is 13.2.